The minimum absolute atomic E-state index is 0.446. The van der Waals surface area contributed by atoms with Crippen LogP contribution in [0.15, 0.2) is 54.6 Å². The van der Waals surface area contributed by atoms with Crippen LogP contribution >= 0.6 is 0 Å². The highest BCUT2D eigenvalue weighted by Gasteiger charge is 1.99. The van der Waals surface area contributed by atoms with E-state index in [0.717, 1.165) is 16.7 Å². The zero-order chi connectivity index (χ0) is 13.7. The van der Waals surface area contributed by atoms with Gasteiger partial charge in [0.15, 0.2) is 0 Å². The van der Waals surface area contributed by atoms with Crippen molar-refractivity contribution in [2.24, 2.45) is 0 Å². The summed E-state index contributed by atoms with van der Waals surface area (Å²) in [6, 6.07) is 17.7. The Bertz CT molecular complexity index is 618. The van der Waals surface area contributed by atoms with Gasteiger partial charge in [0.1, 0.15) is 0 Å². The van der Waals surface area contributed by atoms with Gasteiger partial charge in [-0.25, -0.2) is 0 Å². The molecule has 0 aliphatic heterocycles. The zero-order valence-corrected chi connectivity index (χ0v) is 10.7. The molecule has 0 aliphatic rings. The van der Waals surface area contributed by atoms with Crippen molar-refractivity contribution in [1.82, 2.24) is 0 Å². The summed E-state index contributed by atoms with van der Waals surface area (Å²) >= 11 is 0. The summed E-state index contributed by atoms with van der Waals surface area (Å²) in [4.78, 5) is 0. The molecule has 0 fully saturated rings. The van der Waals surface area contributed by atoms with E-state index in [0.29, 0.717) is 5.56 Å². The number of aliphatic hydroxyl groups is 1. The molecule has 2 aromatic carbocycles. The van der Waals surface area contributed by atoms with Gasteiger partial charge in [0.2, 0.25) is 0 Å². The lowest BCUT2D eigenvalue weighted by Gasteiger charge is -2.03. The highest BCUT2D eigenvalue weighted by Crippen LogP contribution is 2.21. The van der Waals surface area contributed by atoms with Crippen molar-refractivity contribution < 1.29 is 5.11 Å². The molecule has 0 aliphatic carbocycles. The van der Waals surface area contributed by atoms with Crippen LogP contribution in [0.1, 0.15) is 18.1 Å². The smallest absolute Gasteiger partial charge is 0.0991 e. The number of hydrogen-bond donors (Lipinski definition) is 1. The first-order chi connectivity index (χ1) is 9.19. The van der Waals surface area contributed by atoms with Gasteiger partial charge in [-0.1, -0.05) is 42.5 Å². The Morgan fingerprint density at radius 1 is 1.11 bits per heavy atom. The molecule has 1 N–H and O–H groups in total. The lowest BCUT2D eigenvalue weighted by Crippen LogP contribution is -1.91. The molecule has 0 saturated carbocycles. The highest BCUT2D eigenvalue weighted by atomic mass is 16.3. The minimum Gasteiger partial charge on any atom is -0.389 e. The van der Waals surface area contributed by atoms with Crippen LogP contribution in [0.25, 0.3) is 17.2 Å². The van der Waals surface area contributed by atoms with Gasteiger partial charge in [0, 0.05) is 0 Å². The predicted molar refractivity (Wildman–Crippen MR) is 77.3 cm³/mol. The standard InChI is InChI=1S/C17H15NO/c1-13(19)5-6-14-3-2-4-17(11-14)16-9-7-15(12-18)8-10-16/h2-11,13,19H,1H3/b6-5+/t13-/m1/s1. The molecular formula is C17H15NO. The van der Waals surface area contributed by atoms with Gasteiger partial charge in [-0.15, -0.1) is 0 Å². The molecule has 2 heteroatoms. The van der Waals surface area contributed by atoms with Gasteiger partial charge in [0.05, 0.1) is 17.7 Å². The monoisotopic (exact) mass is 249 g/mol. The van der Waals surface area contributed by atoms with Gasteiger partial charge in [0.25, 0.3) is 0 Å². The lowest BCUT2D eigenvalue weighted by molar-refractivity contribution is 0.245. The van der Waals surface area contributed by atoms with E-state index in [-0.39, 0.29) is 0 Å². The minimum atomic E-state index is -0.446. The van der Waals surface area contributed by atoms with Crippen LogP contribution in [0.5, 0.6) is 0 Å². The third-order valence-electron chi connectivity index (χ3n) is 2.80. The third-order valence-corrected chi connectivity index (χ3v) is 2.80. The molecule has 0 saturated heterocycles. The molecule has 0 radical (unpaired) electrons. The van der Waals surface area contributed by atoms with E-state index < -0.39 is 6.10 Å². The van der Waals surface area contributed by atoms with Crippen LogP contribution in [0.3, 0.4) is 0 Å². The van der Waals surface area contributed by atoms with E-state index in [1.54, 1.807) is 13.0 Å². The summed E-state index contributed by atoms with van der Waals surface area (Å²) in [5.74, 6) is 0. The maximum atomic E-state index is 9.24. The predicted octanol–water partition coefficient (Wildman–Crippen LogP) is 3.62. The number of nitriles is 1. The second-order valence-electron chi connectivity index (χ2n) is 4.41. The summed E-state index contributed by atoms with van der Waals surface area (Å²) in [6.45, 7) is 1.72. The fourth-order valence-corrected chi connectivity index (χ4v) is 1.81. The Labute approximate surface area is 113 Å². The Morgan fingerprint density at radius 2 is 1.84 bits per heavy atom. The number of nitrogens with zero attached hydrogens (tertiary/aromatic N) is 1. The van der Waals surface area contributed by atoms with E-state index in [1.165, 1.54) is 0 Å². The lowest BCUT2D eigenvalue weighted by atomic mass is 10.0. The van der Waals surface area contributed by atoms with E-state index in [2.05, 4.69) is 12.1 Å². The summed E-state index contributed by atoms with van der Waals surface area (Å²) in [5.41, 5.74) is 3.88. The fraction of sp³-hybridized carbons (Fsp3) is 0.118. The van der Waals surface area contributed by atoms with Crippen LogP contribution in [0.2, 0.25) is 0 Å². The molecule has 2 nitrogen and oxygen atoms in total. The Hall–Kier alpha value is -2.37. The first kappa shape index (κ1) is 13.1. The average molecular weight is 249 g/mol. The molecule has 2 aromatic rings. The largest absolute Gasteiger partial charge is 0.389 e. The number of rotatable bonds is 3. The molecule has 0 spiro atoms. The average Bonchev–Trinajstić information content (AvgIpc) is 2.45. The van der Waals surface area contributed by atoms with Gasteiger partial charge in [-0.3, -0.25) is 0 Å². The second-order valence-corrected chi connectivity index (χ2v) is 4.41. The first-order valence-electron chi connectivity index (χ1n) is 6.16. The summed E-state index contributed by atoms with van der Waals surface area (Å²) in [7, 11) is 0. The van der Waals surface area contributed by atoms with Crippen molar-refractivity contribution >= 4 is 6.08 Å². The maximum Gasteiger partial charge on any atom is 0.0991 e. The fourth-order valence-electron chi connectivity index (χ4n) is 1.81. The first-order valence-corrected chi connectivity index (χ1v) is 6.16. The third kappa shape index (κ3) is 3.54. The molecule has 0 aromatic heterocycles. The summed E-state index contributed by atoms with van der Waals surface area (Å²) < 4.78 is 0. The molecule has 19 heavy (non-hydrogen) atoms. The number of benzene rings is 2. The molecular weight excluding hydrogens is 234 g/mol. The van der Waals surface area contributed by atoms with Crippen molar-refractivity contribution in [2.45, 2.75) is 13.0 Å². The molecule has 1 atom stereocenters. The Balaban J connectivity index is 2.30. The summed E-state index contributed by atoms with van der Waals surface area (Å²) in [5, 5.41) is 18.0. The molecule has 2 rings (SSSR count). The number of hydrogen-bond acceptors (Lipinski definition) is 2. The van der Waals surface area contributed by atoms with Crippen LogP contribution < -0.4 is 0 Å². The van der Waals surface area contributed by atoms with Crippen LogP contribution in [-0.2, 0) is 0 Å². The van der Waals surface area contributed by atoms with Crippen molar-refractivity contribution in [2.75, 3.05) is 0 Å². The molecule has 94 valence electrons. The van der Waals surface area contributed by atoms with Gasteiger partial charge >= 0.3 is 0 Å². The van der Waals surface area contributed by atoms with E-state index in [9.17, 15) is 5.11 Å². The quantitative estimate of drug-likeness (QED) is 0.902. The van der Waals surface area contributed by atoms with Gasteiger partial charge in [-0.05, 0) is 41.8 Å². The summed E-state index contributed by atoms with van der Waals surface area (Å²) in [6.07, 6.45) is 3.20. The van der Waals surface area contributed by atoms with E-state index in [4.69, 9.17) is 5.26 Å². The van der Waals surface area contributed by atoms with E-state index in [1.807, 2.05) is 48.5 Å². The second kappa shape index (κ2) is 5.99. The topological polar surface area (TPSA) is 44.0 Å². The molecule has 0 heterocycles. The molecule has 0 bridgehead atoms. The zero-order valence-electron chi connectivity index (χ0n) is 10.7. The van der Waals surface area contributed by atoms with E-state index >= 15 is 0 Å². The van der Waals surface area contributed by atoms with Crippen molar-refractivity contribution in [1.29, 1.82) is 5.26 Å². The Morgan fingerprint density at radius 3 is 2.47 bits per heavy atom. The van der Waals surface area contributed by atoms with Crippen LogP contribution in [0.4, 0.5) is 0 Å². The molecule has 0 unspecified atom stereocenters. The van der Waals surface area contributed by atoms with Crippen LogP contribution in [0, 0.1) is 11.3 Å². The van der Waals surface area contributed by atoms with Gasteiger partial charge in [-0.2, -0.15) is 5.26 Å². The van der Waals surface area contributed by atoms with Crippen molar-refractivity contribution in [3.8, 4) is 17.2 Å². The van der Waals surface area contributed by atoms with Crippen molar-refractivity contribution in [3.05, 3.63) is 65.7 Å². The SMILES string of the molecule is C[C@@H](O)/C=C/c1cccc(-c2ccc(C#N)cc2)c1. The van der Waals surface area contributed by atoms with Gasteiger partial charge < -0.3 is 5.11 Å². The van der Waals surface area contributed by atoms with Crippen LogP contribution in [-0.4, -0.2) is 11.2 Å². The van der Waals surface area contributed by atoms with Crippen molar-refractivity contribution in [3.63, 3.8) is 0 Å². The highest BCUT2D eigenvalue weighted by molar-refractivity contribution is 5.68. The Kier molecular flexibility index (Phi) is 4.12. The maximum absolute atomic E-state index is 9.24. The normalized spacial score (nSPS) is 12.3. The molecule has 0 amide bonds. The number of aliphatic hydroxyl groups excluding tert-OH is 1.